The van der Waals surface area contributed by atoms with Gasteiger partial charge in [-0.05, 0) is 36.3 Å². The lowest BCUT2D eigenvalue weighted by Gasteiger charge is -2.11. The minimum atomic E-state index is -0.428. The number of carbonyl (C=O) groups is 1. The highest BCUT2D eigenvalue weighted by atomic mass is 35.5. The Bertz CT molecular complexity index is 632. The number of halogens is 1. The Hall–Kier alpha value is -1.30. The maximum atomic E-state index is 10.1. The molecule has 0 saturated heterocycles. The second kappa shape index (κ2) is 8.37. The maximum Gasteiger partial charge on any atom is 0.207 e. The molecule has 114 valence electrons. The Labute approximate surface area is 140 Å². The number of nitrogens with one attached hydrogen (secondary N) is 1. The zero-order chi connectivity index (χ0) is 15.9. The summed E-state index contributed by atoms with van der Waals surface area (Å²) in [6, 6.07) is 7.86. The first-order chi connectivity index (χ1) is 10.6. The van der Waals surface area contributed by atoms with Crippen LogP contribution >= 0.6 is 22.9 Å². The Kier molecular flexibility index (Phi) is 6.49. The average Bonchev–Trinajstić information content (AvgIpc) is 2.92. The molecule has 2 aromatic rings. The van der Waals surface area contributed by atoms with Crippen molar-refractivity contribution >= 4 is 42.7 Å². The molecule has 0 fully saturated rings. The van der Waals surface area contributed by atoms with Crippen molar-refractivity contribution in [1.82, 2.24) is 5.32 Å². The first kappa shape index (κ1) is 17.1. The predicted molar refractivity (Wildman–Crippen MR) is 93.2 cm³/mol. The van der Waals surface area contributed by atoms with Crippen LogP contribution < -0.4 is 10.8 Å². The lowest BCUT2D eigenvalue weighted by molar-refractivity contribution is -0.109. The Morgan fingerprint density at radius 1 is 1.36 bits per heavy atom. The highest BCUT2D eigenvalue weighted by Crippen LogP contribution is 2.31. The summed E-state index contributed by atoms with van der Waals surface area (Å²) < 4.78 is 0. The molecule has 0 saturated carbocycles. The number of amides is 1. The summed E-state index contributed by atoms with van der Waals surface area (Å²) in [4.78, 5) is 11.2. The van der Waals surface area contributed by atoms with E-state index in [2.05, 4.69) is 5.32 Å². The highest BCUT2D eigenvalue weighted by molar-refractivity contribution is 7.14. The van der Waals surface area contributed by atoms with Gasteiger partial charge in [0, 0.05) is 22.0 Å². The molecule has 0 bridgehead atoms. The van der Waals surface area contributed by atoms with Crippen LogP contribution in [0.25, 0.3) is 10.4 Å². The summed E-state index contributed by atoms with van der Waals surface area (Å²) in [5.74, 6) is 0. The molecule has 6 heteroatoms. The first-order valence-corrected chi connectivity index (χ1v) is 8.34. The van der Waals surface area contributed by atoms with Gasteiger partial charge in [0.2, 0.25) is 6.41 Å². The van der Waals surface area contributed by atoms with E-state index < -0.39 is 6.10 Å². The van der Waals surface area contributed by atoms with Gasteiger partial charge in [0.15, 0.2) is 0 Å². The molecule has 1 atom stereocenters. The summed E-state index contributed by atoms with van der Waals surface area (Å²) in [6.07, 6.45) is 2.15. The van der Waals surface area contributed by atoms with Crippen molar-refractivity contribution in [2.75, 3.05) is 6.54 Å². The van der Waals surface area contributed by atoms with E-state index in [0.29, 0.717) is 30.8 Å². The van der Waals surface area contributed by atoms with Crippen LogP contribution in [0.15, 0.2) is 29.6 Å². The van der Waals surface area contributed by atoms with E-state index in [1.807, 2.05) is 29.6 Å². The number of hydrogen-bond donors (Lipinski definition) is 2. The lowest BCUT2D eigenvalue weighted by Crippen LogP contribution is -2.19. The molecule has 1 aromatic carbocycles. The van der Waals surface area contributed by atoms with Gasteiger partial charge < -0.3 is 10.4 Å². The van der Waals surface area contributed by atoms with Crippen LogP contribution in [0.3, 0.4) is 0 Å². The van der Waals surface area contributed by atoms with E-state index in [1.54, 1.807) is 11.3 Å². The van der Waals surface area contributed by atoms with Gasteiger partial charge in [-0.1, -0.05) is 35.3 Å². The molecular formula is C16H17BClNO2S. The molecule has 0 aliphatic rings. The number of hydrogen-bond acceptors (Lipinski definition) is 3. The van der Waals surface area contributed by atoms with Crippen molar-refractivity contribution in [2.24, 2.45) is 0 Å². The number of aryl methyl sites for hydroxylation is 1. The molecule has 3 nitrogen and oxygen atoms in total. The fraction of sp³-hybridized carbons (Fsp3) is 0.312. The van der Waals surface area contributed by atoms with E-state index in [4.69, 9.17) is 19.4 Å². The summed E-state index contributed by atoms with van der Waals surface area (Å²) in [5.41, 5.74) is 2.80. The van der Waals surface area contributed by atoms with Crippen LogP contribution in [0.2, 0.25) is 5.02 Å². The quantitative estimate of drug-likeness (QED) is 0.442. The van der Waals surface area contributed by atoms with Crippen molar-refractivity contribution in [3.05, 3.63) is 40.2 Å². The van der Waals surface area contributed by atoms with Crippen LogP contribution in [0.1, 0.15) is 18.4 Å². The highest BCUT2D eigenvalue weighted by Gasteiger charge is 2.08. The summed E-state index contributed by atoms with van der Waals surface area (Å²) in [5, 5.41) is 15.0. The van der Waals surface area contributed by atoms with Crippen molar-refractivity contribution in [3.8, 4) is 10.4 Å². The molecular weight excluding hydrogens is 317 g/mol. The molecule has 1 heterocycles. The average molecular weight is 334 g/mol. The van der Waals surface area contributed by atoms with E-state index in [0.717, 1.165) is 27.9 Å². The Balaban J connectivity index is 1.93. The second-order valence-corrected chi connectivity index (χ2v) is 6.43. The number of aliphatic hydroxyl groups excluding tert-OH is 1. The van der Waals surface area contributed by atoms with E-state index in [-0.39, 0.29) is 0 Å². The monoisotopic (exact) mass is 333 g/mol. The van der Waals surface area contributed by atoms with Gasteiger partial charge in [-0.3, -0.25) is 4.79 Å². The van der Waals surface area contributed by atoms with Crippen molar-refractivity contribution in [2.45, 2.75) is 25.4 Å². The minimum Gasteiger partial charge on any atom is -0.393 e. The SMILES string of the molecule is [B]c1csc(-c2ccc(CCC(O)CCNC=O)cc2Cl)c1. The van der Waals surface area contributed by atoms with Crippen LogP contribution in [0.4, 0.5) is 0 Å². The predicted octanol–water partition coefficient (Wildman–Crippen LogP) is 2.29. The van der Waals surface area contributed by atoms with Crippen molar-refractivity contribution < 1.29 is 9.90 Å². The number of benzene rings is 1. The number of carbonyl (C=O) groups excluding carboxylic acids is 1. The lowest BCUT2D eigenvalue weighted by atomic mass is 9.98. The molecule has 1 aromatic heterocycles. The molecule has 1 unspecified atom stereocenters. The molecule has 2 rings (SSSR count). The third-order valence-corrected chi connectivity index (χ3v) is 4.68. The topological polar surface area (TPSA) is 49.3 Å². The summed E-state index contributed by atoms with van der Waals surface area (Å²) >= 11 is 7.91. The van der Waals surface area contributed by atoms with E-state index >= 15 is 0 Å². The molecule has 2 N–H and O–H groups in total. The fourth-order valence-electron chi connectivity index (χ4n) is 2.19. The van der Waals surface area contributed by atoms with Crippen LogP contribution in [0, 0.1) is 0 Å². The molecule has 0 aliphatic heterocycles. The van der Waals surface area contributed by atoms with Crippen LogP contribution in [-0.2, 0) is 11.2 Å². The van der Waals surface area contributed by atoms with Gasteiger partial charge in [0.1, 0.15) is 7.85 Å². The molecule has 22 heavy (non-hydrogen) atoms. The van der Waals surface area contributed by atoms with Crippen molar-refractivity contribution in [3.63, 3.8) is 0 Å². The van der Waals surface area contributed by atoms with Crippen molar-refractivity contribution in [1.29, 1.82) is 0 Å². The maximum absolute atomic E-state index is 10.1. The van der Waals surface area contributed by atoms with Crippen LogP contribution in [-0.4, -0.2) is 32.0 Å². The third-order valence-electron chi connectivity index (χ3n) is 3.39. The zero-order valence-corrected chi connectivity index (χ0v) is 13.7. The van der Waals surface area contributed by atoms with Gasteiger partial charge >= 0.3 is 0 Å². The molecule has 1 amide bonds. The number of aliphatic hydroxyl groups is 1. The van der Waals surface area contributed by atoms with E-state index in [1.165, 1.54) is 0 Å². The Morgan fingerprint density at radius 3 is 2.82 bits per heavy atom. The van der Waals surface area contributed by atoms with Crippen LogP contribution in [0.5, 0.6) is 0 Å². The molecule has 0 aliphatic carbocycles. The smallest absolute Gasteiger partial charge is 0.207 e. The normalized spacial score (nSPS) is 12.1. The summed E-state index contributed by atoms with van der Waals surface area (Å²) in [6.45, 7) is 0.490. The second-order valence-electron chi connectivity index (χ2n) is 5.11. The molecule has 2 radical (unpaired) electrons. The number of rotatable bonds is 8. The van der Waals surface area contributed by atoms with Gasteiger partial charge in [-0.25, -0.2) is 0 Å². The van der Waals surface area contributed by atoms with Gasteiger partial charge in [-0.15, -0.1) is 11.3 Å². The fourth-order valence-corrected chi connectivity index (χ4v) is 3.39. The first-order valence-electron chi connectivity index (χ1n) is 7.08. The summed E-state index contributed by atoms with van der Waals surface area (Å²) in [7, 11) is 5.74. The zero-order valence-electron chi connectivity index (χ0n) is 12.1. The Morgan fingerprint density at radius 2 is 2.18 bits per heavy atom. The van der Waals surface area contributed by atoms with Gasteiger partial charge in [0.25, 0.3) is 0 Å². The van der Waals surface area contributed by atoms with Gasteiger partial charge in [0.05, 0.1) is 6.10 Å². The largest absolute Gasteiger partial charge is 0.393 e. The standard InChI is InChI=1S/C16H17BClNO2S/c17-12-8-16(22-9-12)14-4-2-11(7-15(14)18)1-3-13(21)5-6-19-10-20/h2,4,7-10,13,21H,1,3,5-6H2,(H,19,20). The van der Waals surface area contributed by atoms with E-state index in [9.17, 15) is 9.90 Å². The minimum absolute atomic E-state index is 0.428. The molecule has 0 spiro atoms. The third kappa shape index (κ3) is 4.87. The number of thiophene rings is 1. The van der Waals surface area contributed by atoms with Gasteiger partial charge in [-0.2, -0.15) is 0 Å².